The molecule has 0 fully saturated rings. The van der Waals surface area contributed by atoms with Gasteiger partial charge in [0.15, 0.2) is 0 Å². The molecule has 2 unspecified atom stereocenters. The molecule has 0 saturated heterocycles. The summed E-state index contributed by atoms with van der Waals surface area (Å²) >= 11 is 0. The molecule has 1 nitrogen and oxygen atoms in total. The molecule has 0 aliphatic heterocycles. The highest BCUT2D eigenvalue weighted by Crippen LogP contribution is 2.44. The van der Waals surface area contributed by atoms with Crippen molar-refractivity contribution < 1.29 is 0 Å². The number of hydrogen-bond acceptors (Lipinski definition) is 1. The molecule has 2 atom stereocenters. The van der Waals surface area contributed by atoms with Gasteiger partial charge < -0.3 is 4.90 Å². The van der Waals surface area contributed by atoms with Crippen molar-refractivity contribution in [2.45, 2.75) is 24.8 Å². The van der Waals surface area contributed by atoms with Crippen molar-refractivity contribution in [2.24, 2.45) is 0 Å². The molecule has 0 radical (unpaired) electrons. The number of para-hydroxylation sites is 1. The Balaban J connectivity index is 1.10. The number of rotatable bonds is 8. The zero-order chi connectivity index (χ0) is 38.0. The number of anilines is 2. The maximum absolute atomic E-state index is 2.59. The third kappa shape index (κ3) is 6.72. The topological polar surface area (TPSA) is 3.24 Å². The molecular formula is C56H43N. The lowest BCUT2D eigenvalue weighted by molar-refractivity contribution is 0.784. The SMILES string of the molecule is C1=CCC(c2cc(N(c3ccccc3-c3ccc(-c4ccccc4)cc3)C3C=CC(c4cc5ccccc5c5ccccc45)=CC3)ccc2-c2ccccc2)C=C1. The molecule has 10 rings (SSSR count). The standard InChI is InChI=1S/C56H43N/c1-4-16-40(17-5-1)41-28-30-44(31-29-41)51-24-14-15-27-56(51)57(48-36-37-50(42-18-6-2-7-19-42)55(39-48)43-20-8-3-9-21-43)47-34-32-45(33-35-47)54-38-46-22-10-11-23-49(46)52-25-12-13-26-53(52)54/h1-20,22-34,36-39,43,47H,21,35H2. The Hall–Kier alpha value is -6.96. The van der Waals surface area contributed by atoms with E-state index in [0.29, 0.717) is 5.92 Å². The van der Waals surface area contributed by atoms with Crippen molar-refractivity contribution in [2.75, 3.05) is 4.90 Å². The lowest BCUT2D eigenvalue weighted by atomic mass is 9.85. The van der Waals surface area contributed by atoms with Gasteiger partial charge in [-0.25, -0.2) is 0 Å². The van der Waals surface area contributed by atoms with E-state index in [-0.39, 0.29) is 6.04 Å². The van der Waals surface area contributed by atoms with Crippen LogP contribution in [0.15, 0.2) is 225 Å². The van der Waals surface area contributed by atoms with E-state index in [1.54, 1.807) is 0 Å². The van der Waals surface area contributed by atoms with Crippen LogP contribution in [0.25, 0.3) is 60.5 Å². The zero-order valence-electron chi connectivity index (χ0n) is 31.9. The Bertz CT molecular complexity index is 2840. The summed E-state index contributed by atoms with van der Waals surface area (Å²) in [6.45, 7) is 0. The molecule has 0 aromatic heterocycles. The number of hydrogen-bond donors (Lipinski definition) is 0. The van der Waals surface area contributed by atoms with Gasteiger partial charge in [0.05, 0.1) is 6.04 Å². The van der Waals surface area contributed by atoms with E-state index < -0.39 is 0 Å². The number of allylic oxidation sites excluding steroid dienone is 6. The van der Waals surface area contributed by atoms with Crippen LogP contribution in [0.3, 0.4) is 0 Å². The maximum atomic E-state index is 2.59. The van der Waals surface area contributed by atoms with Crippen molar-refractivity contribution in [1.82, 2.24) is 0 Å². The highest BCUT2D eigenvalue weighted by atomic mass is 15.2. The number of nitrogens with zero attached hydrogens (tertiary/aromatic N) is 1. The fourth-order valence-electron chi connectivity index (χ4n) is 8.90. The highest BCUT2D eigenvalue weighted by Gasteiger charge is 2.26. The van der Waals surface area contributed by atoms with E-state index >= 15 is 0 Å². The molecule has 2 aliphatic rings. The summed E-state index contributed by atoms with van der Waals surface area (Å²) in [4.78, 5) is 2.59. The van der Waals surface area contributed by atoms with Crippen molar-refractivity contribution in [3.63, 3.8) is 0 Å². The van der Waals surface area contributed by atoms with Gasteiger partial charge >= 0.3 is 0 Å². The summed E-state index contributed by atoms with van der Waals surface area (Å²) < 4.78 is 0. The molecule has 2 aliphatic carbocycles. The Morgan fingerprint density at radius 2 is 1.09 bits per heavy atom. The average Bonchev–Trinajstić information content (AvgIpc) is 3.30. The van der Waals surface area contributed by atoms with Gasteiger partial charge in [-0.1, -0.05) is 200 Å². The average molecular weight is 730 g/mol. The predicted octanol–water partition coefficient (Wildman–Crippen LogP) is 15.1. The predicted molar refractivity (Wildman–Crippen MR) is 244 cm³/mol. The second-order valence-corrected chi connectivity index (χ2v) is 15.1. The summed E-state index contributed by atoms with van der Waals surface area (Å²) in [5, 5.41) is 5.16. The minimum absolute atomic E-state index is 0.0995. The molecule has 272 valence electrons. The molecule has 0 N–H and O–H groups in total. The quantitative estimate of drug-likeness (QED) is 0.141. The van der Waals surface area contributed by atoms with E-state index in [2.05, 4.69) is 229 Å². The van der Waals surface area contributed by atoms with Gasteiger partial charge in [0.1, 0.15) is 0 Å². The van der Waals surface area contributed by atoms with Crippen molar-refractivity contribution in [3.8, 4) is 33.4 Å². The van der Waals surface area contributed by atoms with Crippen LogP contribution in [0.2, 0.25) is 0 Å². The third-order valence-electron chi connectivity index (χ3n) is 11.7. The molecular weight excluding hydrogens is 687 g/mol. The van der Waals surface area contributed by atoms with Gasteiger partial charge in [0, 0.05) is 22.9 Å². The Labute approximate surface area is 335 Å². The largest absolute Gasteiger partial charge is 0.334 e. The Kier molecular flexibility index (Phi) is 9.26. The minimum atomic E-state index is 0.0995. The second kappa shape index (κ2) is 15.3. The van der Waals surface area contributed by atoms with Gasteiger partial charge in [0.25, 0.3) is 0 Å². The molecule has 8 aromatic carbocycles. The highest BCUT2D eigenvalue weighted by molar-refractivity contribution is 6.12. The fraction of sp³-hybridized carbons (Fsp3) is 0.0714. The smallest absolute Gasteiger partial charge is 0.0560 e. The van der Waals surface area contributed by atoms with Gasteiger partial charge in [-0.05, 0) is 103 Å². The molecule has 0 spiro atoms. The molecule has 1 heteroatoms. The fourth-order valence-corrected chi connectivity index (χ4v) is 8.90. The second-order valence-electron chi connectivity index (χ2n) is 15.1. The first-order valence-electron chi connectivity index (χ1n) is 20.1. The van der Waals surface area contributed by atoms with Crippen LogP contribution in [-0.4, -0.2) is 6.04 Å². The van der Waals surface area contributed by atoms with Crippen molar-refractivity contribution in [3.05, 3.63) is 236 Å². The zero-order valence-corrected chi connectivity index (χ0v) is 31.9. The van der Waals surface area contributed by atoms with Crippen LogP contribution >= 0.6 is 0 Å². The van der Waals surface area contributed by atoms with Gasteiger partial charge in [0.2, 0.25) is 0 Å². The lowest BCUT2D eigenvalue weighted by Crippen LogP contribution is -2.30. The first-order valence-corrected chi connectivity index (χ1v) is 20.1. The Morgan fingerprint density at radius 1 is 0.439 bits per heavy atom. The molecule has 0 amide bonds. The Morgan fingerprint density at radius 3 is 1.84 bits per heavy atom. The molecule has 57 heavy (non-hydrogen) atoms. The monoisotopic (exact) mass is 729 g/mol. The number of fused-ring (bicyclic) bond motifs is 3. The van der Waals surface area contributed by atoms with Gasteiger partial charge in [-0.2, -0.15) is 0 Å². The molecule has 0 bridgehead atoms. The van der Waals surface area contributed by atoms with Crippen LogP contribution in [-0.2, 0) is 0 Å². The lowest BCUT2D eigenvalue weighted by Gasteiger charge is -2.36. The van der Waals surface area contributed by atoms with E-state index in [9.17, 15) is 0 Å². The van der Waals surface area contributed by atoms with Crippen LogP contribution < -0.4 is 4.90 Å². The van der Waals surface area contributed by atoms with Crippen LogP contribution in [0.5, 0.6) is 0 Å². The van der Waals surface area contributed by atoms with Gasteiger partial charge in [-0.3, -0.25) is 0 Å². The summed E-state index contributed by atoms with van der Waals surface area (Å²) in [7, 11) is 0. The molecule has 0 heterocycles. The summed E-state index contributed by atoms with van der Waals surface area (Å²) in [6, 6.07) is 66.8. The van der Waals surface area contributed by atoms with Crippen molar-refractivity contribution >= 4 is 38.5 Å². The van der Waals surface area contributed by atoms with Crippen LogP contribution in [0.1, 0.15) is 29.9 Å². The summed E-state index contributed by atoms with van der Waals surface area (Å²) in [6.07, 6.45) is 18.1. The van der Waals surface area contributed by atoms with Crippen LogP contribution in [0.4, 0.5) is 11.4 Å². The van der Waals surface area contributed by atoms with E-state index in [1.165, 1.54) is 83.0 Å². The first-order chi connectivity index (χ1) is 28.3. The summed E-state index contributed by atoms with van der Waals surface area (Å²) in [5.74, 6) is 0.294. The van der Waals surface area contributed by atoms with Crippen LogP contribution in [0, 0.1) is 0 Å². The van der Waals surface area contributed by atoms with E-state index in [1.807, 2.05) is 0 Å². The molecule has 0 saturated carbocycles. The normalized spacial score (nSPS) is 16.2. The number of benzene rings is 8. The van der Waals surface area contributed by atoms with E-state index in [0.717, 1.165) is 12.8 Å². The van der Waals surface area contributed by atoms with Gasteiger partial charge in [-0.15, -0.1) is 0 Å². The van der Waals surface area contributed by atoms with Crippen molar-refractivity contribution in [1.29, 1.82) is 0 Å². The third-order valence-corrected chi connectivity index (χ3v) is 11.7. The first kappa shape index (κ1) is 34.5. The molecule has 8 aromatic rings. The summed E-state index contributed by atoms with van der Waals surface area (Å²) in [5.41, 5.74) is 13.7. The minimum Gasteiger partial charge on any atom is -0.334 e. The van der Waals surface area contributed by atoms with E-state index in [4.69, 9.17) is 0 Å². The maximum Gasteiger partial charge on any atom is 0.0560 e.